The van der Waals surface area contributed by atoms with Crippen LogP contribution in [0.5, 0.6) is 0 Å². The maximum Gasteiger partial charge on any atom is 0.237 e. The molecule has 1 aromatic rings. The minimum atomic E-state index is -0.471. The van der Waals surface area contributed by atoms with Gasteiger partial charge in [0.05, 0.1) is 12.1 Å². The lowest BCUT2D eigenvalue weighted by atomic mass is 9.97. The Morgan fingerprint density at radius 1 is 1.48 bits per heavy atom. The normalized spacial score (nSPS) is 24.6. The van der Waals surface area contributed by atoms with Crippen LogP contribution in [0, 0.1) is 5.92 Å². The number of rotatable bonds is 5. The summed E-state index contributed by atoms with van der Waals surface area (Å²) in [5.74, 6) is 0.0696. The predicted molar refractivity (Wildman–Crippen MR) is 84.1 cm³/mol. The number of benzene rings is 1. The Morgan fingerprint density at radius 3 is 2.76 bits per heavy atom. The zero-order valence-electron chi connectivity index (χ0n) is 12.5. The lowest BCUT2D eigenvalue weighted by molar-refractivity contribution is -0.124. The van der Waals surface area contributed by atoms with E-state index in [1.165, 1.54) is 0 Å². The first-order valence-electron chi connectivity index (χ1n) is 7.46. The summed E-state index contributed by atoms with van der Waals surface area (Å²) in [7, 11) is 0. The molecule has 1 saturated heterocycles. The van der Waals surface area contributed by atoms with Gasteiger partial charge in [-0.1, -0.05) is 44.0 Å². The van der Waals surface area contributed by atoms with E-state index in [0.29, 0.717) is 11.6 Å². The molecule has 1 aromatic carbocycles. The highest BCUT2D eigenvalue weighted by atomic mass is 35.5. The molecule has 3 N–H and O–H groups in total. The van der Waals surface area contributed by atoms with E-state index in [0.717, 1.165) is 18.4 Å². The Morgan fingerprint density at radius 2 is 2.14 bits per heavy atom. The van der Waals surface area contributed by atoms with Crippen LogP contribution in [-0.4, -0.2) is 24.6 Å². The number of hydrogen-bond donors (Lipinski definition) is 2. The van der Waals surface area contributed by atoms with Crippen LogP contribution in [0.4, 0.5) is 0 Å². The molecule has 1 amide bonds. The van der Waals surface area contributed by atoms with Gasteiger partial charge in [0.1, 0.15) is 6.10 Å². The van der Waals surface area contributed by atoms with Gasteiger partial charge in [0.15, 0.2) is 0 Å². The van der Waals surface area contributed by atoms with Crippen LogP contribution in [0.15, 0.2) is 24.3 Å². The van der Waals surface area contributed by atoms with Crippen molar-refractivity contribution >= 4 is 17.5 Å². The summed E-state index contributed by atoms with van der Waals surface area (Å²) < 4.78 is 5.76. The summed E-state index contributed by atoms with van der Waals surface area (Å²) in [6.07, 6.45) is 1.55. The average Bonchev–Trinajstić information content (AvgIpc) is 2.94. The number of hydrogen-bond acceptors (Lipinski definition) is 3. The smallest absolute Gasteiger partial charge is 0.237 e. The first kappa shape index (κ1) is 16.3. The van der Waals surface area contributed by atoms with Gasteiger partial charge < -0.3 is 15.8 Å². The zero-order chi connectivity index (χ0) is 15.4. The van der Waals surface area contributed by atoms with Gasteiger partial charge in [-0.3, -0.25) is 4.79 Å². The summed E-state index contributed by atoms with van der Waals surface area (Å²) in [4.78, 5) is 12.2. The molecule has 0 saturated carbocycles. The first-order chi connectivity index (χ1) is 10.0. The molecule has 0 spiro atoms. The average molecular weight is 311 g/mol. The highest BCUT2D eigenvalue weighted by Gasteiger charge is 2.32. The molecule has 4 nitrogen and oxygen atoms in total. The molecule has 0 radical (unpaired) electrons. The van der Waals surface area contributed by atoms with E-state index in [4.69, 9.17) is 22.1 Å². The lowest BCUT2D eigenvalue weighted by Gasteiger charge is -2.24. The lowest BCUT2D eigenvalue weighted by Crippen LogP contribution is -2.49. The van der Waals surface area contributed by atoms with Crippen LogP contribution >= 0.6 is 11.6 Å². The Balaban J connectivity index is 2.02. The second-order valence-corrected chi connectivity index (χ2v) is 6.09. The van der Waals surface area contributed by atoms with Crippen LogP contribution in [0.1, 0.15) is 38.4 Å². The molecular weight excluding hydrogens is 288 g/mol. The first-order valence-corrected chi connectivity index (χ1v) is 7.83. The van der Waals surface area contributed by atoms with Crippen LogP contribution in [0.25, 0.3) is 0 Å². The number of nitrogens with two attached hydrogens (primary N) is 1. The predicted octanol–water partition coefficient (Wildman–Crippen LogP) is 2.66. The number of ether oxygens (including phenoxy) is 1. The van der Waals surface area contributed by atoms with Crippen LogP contribution < -0.4 is 11.1 Å². The van der Waals surface area contributed by atoms with Crippen LogP contribution in [0.2, 0.25) is 5.02 Å². The summed E-state index contributed by atoms with van der Waals surface area (Å²) in [5, 5.41) is 3.73. The van der Waals surface area contributed by atoms with E-state index in [1.807, 2.05) is 38.1 Å². The summed E-state index contributed by atoms with van der Waals surface area (Å²) >= 11 is 5.90. The monoisotopic (exact) mass is 310 g/mol. The van der Waals surface area contributed by atoms with E-state index in [-0.39, 0.29) is 24.0 Å². The zero-order valence-corrected chi connectivity index (χ0v) is 13.3. The molecule has 21 heavy (non-hydrogen) atoms. The molecule has 1 fully saturated rings. The third-order valence-corrected chi connectivity index (χ3v) is 4.43. The fourth-order valence-electron chi connectivity index (χ4n) is 2.51. The molecule has 0 aromatic heterocycles. The maximum absolute atomic E-state index is 12.2. The number of nitrogens with one attached hydrogen (secondary N) is 1. The molecule has 0 aliphatic carbocycles. The topological polar surface area (TPSA) is 64.4 Å². The molecule has 1 aliphatic rings. The molecule has 4 unspecified atom stereocenters. The molecular formula is C16H23ClN2O2. The fourth-order valence-corrected chi connectivity index (χ4v) is 2.64. The molecule has 1 heterocycles. The van der Waals surface area contributed by atoms with E-state index >= 15 is 0 Å². The molecule has 1 aliphatic heterocycles. The fraction of sp³-hybridized carbons (Fsp3) is 0.562. The van der Waals surface area contributed by atoms with Gasteiger partial charge in [0.25, 0.3) is 0 Å². The van der Waals surface area contributed by atoms with Gasteiger partial charge in [-0.25, -0.2) is 0 Å². The van der Waals surface area contributed by atoms with Crippen molar-refractivity contribution in [3.8, 4) is 0 Å². The van der Waals surface area contributed by atoms with Gasteiger partial charge in [-0.05, 0) is 30.0 Å². The van der Waals surface area contributed by atoms with E-state index < -0.39 is 6.04 Å². The van der Waals surface area contributed by atoms with Crippen molar-refractivity contribution in [2.75, 3.05) is 6.61 Å². The van der Waals surface area contributed by atoms with Gasteiger partial charge in [0, 0.05) is 11.6 Å². The van der Waals surface area contributed by atoms with Gasteiger partial charge >= 0.3 is 0 Å². The second-order valence-electron chi connectivity index (χ2n) is 5.66. The summed E-state index contributed by atoms with van der Waals surface area (Å²) in [6, 6.07) is 7.04. The van der Waals surface area contributed by atoms with Gasteiger partial charge in [0.2, 0.25) is 5.91 Å². The summed E-state index contributed by atoms with van der Waals surface area (Å²) in [5.41, 5.74) is 7.01. The van der Waals surface area contributed by atoms with E-state index in [1.54, 1.807) is 0 Å². The Hall–Kier alpha value is -1.10. The number of halogens is 1. The highest BCUT2D eigenvalue weighted by molar-refractivity contribution is 6.30. The van der Waals surface area contributed by atoms with Crippen molar-refractivity contribution in [2.45, 2.75) is 44.9 Å². The molecule has 116 valence electrons. The van der Waals surface area contributed by atoms with Gasteiger partial charge in [-0.15, -0.1) is 0 Å². The van der Waals surface area contributed by atoms with Crippen molar-refractivity contribution in [1.82, 2.24) is 5.32 Å². The van der Waals surface area contributed by atoms with Crippen molar-refractivity contribution in [3.63, 3.8) is 0 Å². The van der Waals surface area contributed by atoms with Crippen molar-refractivity contribution in [3.05, 3.63) is 34.9 Å². The SMILES string of the molecule is CCC(C)C(N)C(=O)NC1CCOC1c1ccc(Cl)cc1. The highest BCUT2D eigenvalue weighted by Crippen LogP contribution is 2.30. The molecule has 0 bridgehead atoms. The van der Waals surface area contributed by atoms with E-state index in [2.05, 4.69) is 5.32 Å². The van der Waals surface area contributed by atoms with Crippen molar-refractivity contribution in [1.29, 1.82) is 0 Å². The van der Waals surface area contributed by atoms with E-state index in [9.17, 15) is 4.79 Å². The molecule has 2 rings (SSSR count). The molecule has 4 atom stereocenters. The van der Waals surface area contributed by atoms with Crippen molar-refractivity contribution in [2.24, 2.45) is 11.7 Å². The largest absolute Gasteiger partial charge is 0.371 e. The minimum Gasteiger partial charge on any atom is -0.371 e. The van der Waals surface area contributed by atoms with Crippen molar-refractivity contribution < 1.29 is 9.53 Å². The molecule has 5 heteroatoms. The second kappa shape index (κ2) is 7.25. The Kier molecular flexibility index (Phi) is 5.62. The standard InChI is InChI=1S/C16H23ClN2O2/c1-3-10(2)14(18)16(20)19-13-8-9-21-15(13)11-4-6-12(17)7-5-11/h4-7,10,13-15H,3,8-9,18H2,1-2H3,(H,19,20). The maximum atomic E-state index is 12.2. The van der Waals surface area contributed by atoms with Crippen LogP contribution in [0.3, 0.4) is 0 Å². The van der Waals surface area contributed by atoms with Crippen LogP contribution in [-0.2, 0) is 9.53 Å². The quantitative estimate of drug-likeness (QED) is 0.879. The Bertz CT molecular complexity index is 478. The third-order valence-electron chi connectivity index (χ3n) is 4.18. The number of amides is 1. The van der Waals surface area contributed by atoms with Gasteiger partial charge in [-0.2, -0.15) is 0 Å². The third kappa shape index (κ3) is 3.96. The number of carbonyl (C=O) groups excluding carboxylic acids is 1. The summed E-state index contributed by atoms with van der Waals surface area (Å²) in [6.45, 7) is 4.66. The minimum absolute atomic E-state index is 0.0335. The number of carbonyl (C=O) groups is 1. The Labute approximate surface area is 131 Å².